The summed E-state index contributed by atoms with van der Waals surface area (Å²) in [6, 6.07) is 1.25. The smallest absolute Gasteiger partial charge is 0.320 e. The molecule has 1 aromatic rings. The number of Topliss-reactive ketones (excluding diaryl/α,β-unsaturated/α-hetero) is 1. The highest BCUT2D eigenvalue weighted by Gasteiger charge is 2.18. The van der Waals surface area contributed by atoms with Crippen LogP contribution in [0, 0.1) is 11.6 Å². The lowest BCUT2D eigenvalue weighted by molar-refractivity contribution is -0.138. The molecule has 0 aliphatic carbocycles. The molecule has 1 aromatic carbocycles. The second-order valence-corrected chi connectivity index (χ2v) is 3.20. The number of hydrogen-bond donors (Lipinski definition) is 2. The van der Waals surface area contributed by atoms with Crippen molar-refractivity contribution in [1.82, 2.24) is 0 Å². The highest BCUT2D eigenvalue weighted by molar-refractivity contribution is 5.98. The Morgan fingerprint density at radius 2 is 1.88 bits per heavy atom. The first-order valence-corrected chi connectivity index (χ1v) is 4.38. The normalized spacial score (nSPS) is 11.5. The summed E-state index contributed by atoms with van der Waals surface area (Å²) in [5.74, 6) is -4.20. The quantitative estimate of drug-likeness (QED) is 0.806. The Kier molecular flexibility index (Phi) is 5.70. The minimum Gasteiger partial charge on any atom is -0.480 e. The van der Waals surface area contributed by atoms with E-state index in [1.165, 1.54) is 0 Å². The van der Waals surface area contributed by atoms with Gasteiger partial charge in [-0.25, -0.2) is 8.78 Å². The number of carbonyl (C=O) groups excluding carboxylic acids is 1. The standard InChI is InChI=1S/C10H9F2NO3.ClH/c11-6-2-1-5(3-7(6)12)9(14)4-8(13)10(15)16;/h1-3,8H,4,13H2,(H,15,16);1H/t8-;/m0./s1. The number of carboxylic acid groups (broad SMARTS) is 1. The summed E-state index contributed by atoms with van der Waals surface area (Å²) >= 11 is 0. The van der Waals surface area contributed by atoms with E-state index in [0.717, 1.165) is 12.1 Å². The summed E-state index contributed by atoms with van der Waals surface area (Å²) in [5.41, 5.74) is 5.03. The first-order valence-electron chi connectivity index (χ1n) is 4.38. The number of halogens is 3. The number of carbonyl (C=O) groups is 2. The molecule has 0 fully saturated rings. The van der Waals surface area contributed by atoms with E-state index in [2.05, 4.69) is 0 Å². The summed E-state index contributed by atoms with van der Waals surface area (Å²) in [7, 11) is 0. The van der Waals surface area contributed by atoms with Gasteiger partial charge >= 0.3 is 5.97 Å². The van der Waals surface area contributed by atoms with Crippen molar-refractivity contribution >= 4 is 24.2 Å². The van der Waals surface area contributed by atoms with Crippen molar-refractivity contribution in [3.05, 3.63) is 35.4 Å². The van der Waals surface area contributed by atoms with E-state index in [1.807, 2.05) is 0 Å². The Labute approximate surface area is 102 Å². The molecular formula is C10H10ClF2NO3. The monoisotopic (exact) mass is 265 g/mol. The number of nitrogens with two attached hydrogens (primary N) is 1. The van der Waals surface area contributed by atoms with Crippen molar-refractivity contribution in [3.63, 3.8) is 0 Å². The Morgan fingerprint density at radius 3 is 2.35 bits per heavy atom. The minimum absolute atomic E-state index is 0. The number of carboxylic acids is 1. The van der Waals surface area contributed by atoms with Gasteiger partial charge in [0.1, 0.15) is 6.04 Å². The van der Waals surface area contributed by atoms with Crippen molar-refractivity contribution in [3.8, 4) is 0 Å². The van der Waals surface area contributed by atoms with E-state index in [1.54, 1.807) is 0 Å². The molecule has 0 unspecified atom stereocenters. The third kappa shape index (κ3) is 4.08. The summed E-state index contributed by atoms with van der Waals surface area (Å²) in [6.45, 7) is 0. The molecule has 0 amide bonds. The topological polar surface area (TPSA) is 80.4 Å². The van der Waals surface area contributed by atoms with E-state index in [4.69, 9.17) is 10.8 Å². The van der Waals surface area contributed by atoms with Crippen LogP contribution in [0.3, 0.4) is 0 Å². The summed E-state index contributed by atoms with van der Waals surface area (Å²) in [4.78, 5) is 21.8. The molecule has 0 spiro atoms. The van der Waals surface area contributed by atoms with Crippen LogP contribution in [-0.2, 0) is 4.79 Å². The molecule has 3 N–H and O–H groups in total. The van der Waals surface area contributed by atoms with Crippen LogP contribution in [-0.4, -0.2) is 22.9 Å². The molecule has 0 aliphatic rings. The number of ketones is 1. The maximum Gasteiger partial charge on any atom is 0.320 e. The fourth-order valence-corrected chi connectivity index (χ4v) is 1.07. The minimum atomic E-state index is -1.35. The van der Waals surface area contributed by atoms with E-state index in [0.29, 0.717) is 6.07 Å². The van der Waals surface area contributed by atoms with Gasteiger partial charge < -0.3 is 10.8 Å². The van der Waals surface area contributed by atoms with Crippen molar-refractivity contribution in [2.45, 2.75) is 12.5 Å². The third-order valence-electron chi connectivity index (χ3n) is 1.96. The van der Waals surface area contributed by atoms with E-state index in [9.17, 15) is 18.4 Å². The van der Waals surface area contributed by atoms with Crippen molar-refractivity contribution < 1.29 is 23.5 Å². The van der Waals surface area contributed by atoms with E-state index >= 15 is 0 Å². The van der Waals surface area contributed by atoms with Gasteiger partial charge in [0.25, 0.3) is 0 Å². The molecule has 1 atom stereocenters. The van der Waals surface area contributed by atoms with Gasteiger partial charge in [0, 0.05) is 12.0 Å². The van der Waals surface area contributed by atoms with Crippen LogP contribution in [0.1, 0.15) is 16.8 Å². The SMILES string of the molecule is Cl.N[C@@H](CC(=O)c1ccc(F)c(F)c1)C(=O)O. The van der Waals surface area contributed by atoms with Gasteiger partial charge in [0.15, 0.2) is 17.4 Å². The Balaban J connectivity index is 0.00000256. The average molecular weight is 266 g/mol. The van der Waals surface area contributed by atoms with Gasteiger partial charge in [0.05, 0.1) is 0 Å². The third-order valence-corrected chi connectivity index (χ3v) is 1.96. The molecule has 17 heavy (non-hydrogen) atoms. The Morgan fingerprint density at radius 1 is 1.29 bits per heavy atom. The van der Waals surface area contributed by atoms with Gasteiger partial charge in [0.2, 0.25) is 0 Å². The highest BCUT2D eigenvalue weighted by Crippen LogP contribution is 2.11. The highest BCUT2D eigenvalue weighted by atomic mass is 35.5. The molecule has 0 saturated carbocycles. The second kappa shape index (κ2) is 6.27. The van der Waals surface area contributed by atoms with Crippen LogP contribution in [0.4, 0.5) is 8.78 Å². The van der Waals surface area contributed by atoms with Crippen LogP contribution in [0.15, 0.2) is 18.2 Å². The lowest BCUT2D eigenvalue weighted by Crippen LogP contribution is -2.32. The number of rotatable bonds is 4. The predicted octanol–water partition coefficient (Wildman–Crippen LogP) is 1.37. The molecule has 0 aromatic heterocycles. The maximum atomic E-state index is 12.8. The van der Waals surface area contributed by atoms with Crippen LogP contribution >= 0.6 is 12.4 Å². The fourth-order valence-electron chi connectivity index (χ4n) is 1.07. The van der Waals surface area contributed by atoms with Gasteiger partial charge in [-0.3, -0.25) is 9.59 Å². The van der Waals surface area contributed by atoms with Crippen LogP contribution in [0.25, 0.3) is 0 Å². The first kappa shape index (κ1) is 15.5. The molecule has 0 aliphatic heterocycles. The molecule has 7 heteroatoms. The zero-order valence-corrected chi connectivity index (χ0v) is 9.34. The lowest BCUT2D eigenvalue weighted by atomic mass is 10.0. The predicted molar refractivity (Wildman–Crippen MR) is 58.2 cm³/mol. The Bertz CT molecular complexity index is 440. The maximum absolute atomic E-state index is 12.8. The summed E-state index contributed by atoms with van der Waals surface area (Å²) in [6.07, 6.45) is -0.458. The van der Waals surface area contributed by atoms with E-state index < -0.39 is 35.8 Å². The molecule has 4 nitrogen and oxygen atoms in total. The molecular weight excluding hydrogens is 256 g/mol. The van der Waals surface area contributed by atoms with Crippen LogP contribution in [0.2, 0.25) is 0 Å². The zero-order valence-electron chi connectivity index (χ0n) is 8.52. The van der Waals surface area contributed by atoms with E-state index in [-0.39, 0.29) is 18.0 Å². The average Bonchev–Trinajstić information content (AvgIpc) is 2.21. The zero-order chi connectivity index (χ0) is 12.3. The second-order valence-electron chi connectivity index (χ2n) is 3.20. The molecule has 0 bridgehead atoms. The van der Waals surface area contributed by atoms with Gasteiger partial charge in [-0.1, -0.05) is 0 Å². The number of benzene rings is 1. The van der Waals surface area contributed by atoms with Gasteiger partial charge in [-0.2, -0.15) is 0 Å². The largest absolute Gasteiger partial charge is 0.480 e. The van der Waals surface area contributed by atoms with Crippen molar-refractivity contribution in [1.29, 1.82) is 0 Å². The molecule has 0 radical (unpaired) electrons. The Hall–Kier alpha value is -1.53. The molecule has 0 saturated heterocycles. The van der Waals surface area contributed by atoms with Crippen molar-refractivity contribution in [2.75, 3.05) is 0 Å². The van der Waals surface area contributed by atoms with Gasteiger partial charge in [-0.05, 0) is 18.2 Å². The number of hydrogen-bond acceptors (Lipinski definition) is 3. The molecule has 1 rings (SSSR count). The first-order chi connectivity index (χ1) is 7.41. The molecule has 0 heterocycles. The lowest BCUT2D eigenvalue weighted by Gasteiger charge is -2.05. The van der Waals surface area contributed by atoms with Crippen LogP contribution < -0.4 is 5.73 Å². The molecule has 94 valence electrons. The summed E-state index contributed by atoms with van der Waals surface area (Å²) in [5, 5.41) is 8.47. The fraction of sp³-hybridized carbons (Fsp3) is 0.200. The number of aliphatic carboxylic acids is 1. The van der Waals surface area contributed by atoms with Crippen LogP contribution in [0.5, 0.6) is 0 Å². The van der Waals surface area contributed by atoms with Crippen molar-refractivity contribution in [2.24, 2.45) is 5.73 Å². The summed E-state index contributed by atoms with van der Waals surface area (Å²) < 4.78 is 25.3. The van der Waals surface area contributed by atoms with Gasteiger partial charge in [-0.15, -0.1) is 12.4 Å².